The standard InChI is InChI=1S/C27H29F3N6OS/c1-35-12-10-19(11-13-35)32-21-8-5-9-22-20(21)15-23(36(22)17-27(28,29)30)26-34-33-25(38-26)16-31-24(37)14-18-6-3-2-4-7-18/h2-9,15,19,32H,10-14,16-17H2,1H3,(H,31,37). The van der Waals surface area contributed by atoms with E-state index in [4.69, 9.17) is 0 Å². The van der Waals surface area contributed by atoms with Crippen LogP contribution in [0.25, 0.3) is 21.6 Å². The number of piperidine rings is 1. The zero-order valence-electron chi connectivity index (χ0n) is 21.0. The monoisotopic (exact) mass is 542 g/mol. The fourth-order valence-corrected chi connectivity index (χ4v) is 5.56. The highest BCUT2D eigenvalue weighted by atomic mass is 32.1. The first-order valence-corrected chi connectivity index (χ1v) is 13.3. The molecule has 2 N–H and O–H groups in total. The number of carbonyl (C=O) groups is 1. The van der Waals surface area contributed by atoms with Gasteiger partial charge in [-0.2, -0.15) is 13.2 Å². The van der Waals surface area contributed by atoms with Crippen molar-refractivity contribution in [2.24, 2.45) is 0 Å². The molecule has 0 spiro atoms. The third kappa shape index (κ3) is 6.33. The van der Waals surface area contributed by atoms with E-state index in [0.717, 1.165) is 42.6 Å². The Kier molecular flexibility index (Phi) is 7.66. The summed E-state index contributed by atoms with van der Waals surface area (Å²) in [7, 11) is 2.09. The minimum absolute atomic E-state index is 0.158. The van der Waals surface area contributed by atoms with Crippen LogP contribution in [-0.2, 0) is 24.3 Å². The summed E-state index contributed by atoms with van der Waals surface area (Å²) in [6.45, 7) is 0.977. The molecule has 1 aliphatic heterocycles. The molecular weight excluding hydrogens is 513 g/mol. The lowest BCUT2D eigenvalue weighted by atomic mass is 10.0. The third-order valence-corrected chi connectivity index (χ3v) is 7.64. The van der Waals surface area contributed by atoms with Gasteiger partial charge in [0.05, 0.1) is 24.2 Å². The first-order chi connectivity index (χ1) is 18.2. The SMILES string of the molecule is CN1CCC(Nc2cccc3c2cc(-c2nnc(CNC(=O)Cc4ccccc4)s2)n3CC(F)(F)F)CC1. The van der Waals surface area contributed by atoms with Crippen molar-refractivity contribution in [3.05, 3.63) is 65.2 Å². The highest BCUT2D eigenvalue weighted by molar-refractivity contribution is 7.14. The molecule has 1 amide bonds. The van der Waals surface area contributed by atoms with Gasteiger partial charge in [0.25, 0.3) is 0 Å². The van der Waals surface area contributed by atoms with Crippen LogP contribution in [0.1, 0.15) is 23.4 Å². The lowest BCUT2D eigenvalue weighted by Gasteiger charge is -2.30. The molecule has 1 aliphatic rings. The van der Waals surface area contributed by atoms with E-state index >= 15 is 0 Å². The first kappa shape index (κ1) is 26.2. The van der Waals surface area contributed by atoms with Crippen molar-refractivity contribution in [1.82, 2.24) is 25.0 Å². The van der Waals surface area contributed by atoms with Crippen LogP contribution in [-0.4, -0.2) is 57.9 Å². The molecule has 5 rings (SSSR count). The average Bonchev–Trinajstić information content (AvgIpc) is 3.49. The molecule has 0 saturated carbocycles. The number of fused-ring (bicyclic) bond motifs is 1. The number of halogens is 3. The van der Waals surface area contributed by atoms with Crippen LogP contribution in [0.2, 0.25) is 0 Å². The Morgan fingerprint density at radius 2 is 1.84 bits per heavy atom. The molecule has 1 fully saturated rings. The lowest BCUT2D eigenvalue weighted by molar-refractivity contribution is -0.139. The van der Waals surface area contributed by atoms with Crippen molar-refractivity contribution in [2.45, 2.75) is 44.6 Å². The van der Waals surface area contributed by atoms with E-state index in [-0.39, 0.29) is 24.9 Å². The molecule has 4 aromatic rings. The summed E-state index contributed by atoms with van der Waals surface area (Å²) in [4.78, 5) is 14.6. The second-order valence-electron chi connectivity index (χ2n) is 9.63. The average molecular weight is 543 g/mol. The maximum absolute atomic E-state index is 13.6. The van der Waals surface area contributed by atoms with Gasteiger partial charge in [-0.05, 0) is 56.7 Å². The molecule has 0 radical (unpaired) electrons. The number of benzene rings is 2. The van der Waals surface area contributed by atoms with Crippen LogP contribution < -0.4 is 10.6 Å². The van der Waals surface area contributed by atoms with E-state index in [9.17, 15) is 18.0 Å². The Labute approximate surface area is 222 Å². The van der Waals surface area contributed by atoms with E-state index < -0.39 is 12.7 Å². The number of nitrogens with zero attached hydrogens (tertiary/aromatic N) is 4. The highest BCUT2D eigenvalue weighted by Gasteiger charge is 2.31. The van der Waals surface area contributed by atoms with Crippen LogP contribution in [0.5, 0.6) is 0 Å². The van der Waals surface area contributed by atoms with Gasteiger partial charge in [-0.3, -0.25) is 4.79 Å². The Morgan fingerprint density at radius 3 is 2.58 bits per heavy atom. The molecule has 11 heteroatoms. The van der Waals surface area contributed by atoms with Crippen molar-refractivity contribution in [3.63, 3.8) is 0 Å². The van der Waals surface area contributed by atoms with Gasteiger partial charge in [-0.1, -0.05) is 47.7 Å². The number of anilines is 1. The number of hydrogen-bond donors (Lipinski definition) is 2. The van der Waals surface area contributed by atoms with Crippen LogP contribution in [0.4, 0.5) is 18.9 Å². The van der Waals surface area contributed by atoms with E-state index in [2.05, 4.69) is 32.8 Å². The predicted molar refractivity (Wildman–Crippen MR) is 143 cm³/mol. The van der Waals surface area contributed by atoms with Gasteiger partial charge in [0.1, 0.15) is 11.6 Å². The van der Waals surface area contributed by atoms with E-state index in [1.54, 1.807) is 18.2 Å². The Morgan fingerprint density at radius 1 is 1.08 bits per heavy atom. The summed E-state index contributed by atoms with van der Waals surface area (Å²) in [6, 6.07) is 16.8. The third-order valence-electron chi connectivity index (χ3n) is 6.69. The maximum atomic E-state index is 13.6. The molecule has 0 unspecified atom stereocenters. The zero-order chi connectivity index (χ0) is 26.7. The van der Waals surface area contributed by atoms with Gasteiger partial charge in [0.15, 0.2) is 5.01 Å². The van der Waals surface area contributed by atoms with Crippen molar-refractivity contribution in [1.29, 1.82) is 0 Å². The molecule has 0 bridgehead atoms. The molecule has 3 heterocycles. The predicted octanol–water partition coefficient (Wildman–Crippen LogP) is 5.09. The molecule has 200 valence electrons. The summed E-state index contributed by atoms with van der Waals surface area (Å²) in [5, 5.41) is 16.3. The molecule has 2 aromatic heterocycles. The first-order valence-electron chi connectivity index (χ1n) is 12.5. The summed E-state index contributed by atoms with van der Waals surface area (Å²) < 4.78 is 42.1. The fraction of sp³-hybridized carbons (Fsp3) is 0.370. The summed E-state index contributed by atoms with van der Waals surface area (Å²) in [6.07, 6.45) is -2.23. The van der Waals surface area contributed by atoms with Crippen LogP contribution in [0.15, 0.2) is 54.6 Å². The number of likely N-dealkylation sites (tertiary alicyclic amines) is 1. The van der Waals surface area contributed by atoms with Gasteiger partial charge in [0.2, 0.25) is 5.91 Å². The summed E-state index contributed by atoms with van der Waals surface area (Å²) in [5.74, 6) is -0.163. The second-order valence-corrected chi connectivity index (χ2v) is 10.7. The van der Waals surface area contributed by atoms with Gasteiger partial charge >= 0.3 is 6.18 Å². The van der Waals surface area contributed by atoms with E-state index in [1.807, 2.05) is 36.4 Å². The lowest BCUT2D eigenvalue weighted by Crippen LogP contribution is -2.36. The normalized spacial score (nSPS) is 15.2. The van der Waals surface area contributed by atoms with Crippen LogP contribution >= 0.6 is 11.3 Å². The number of rotatable bonds is 8. The number of alkyl halides is 3. The van der Waals surface area contributed by atoms with Gasteiger partial charge < -0.3 is 20.1 Å². The largest absolute Gasteiger partial charge is 0.406 e. The quantitative estimate of drug-likeness (QED) is 0.325. The van der Waals surface area contributed by atoms with Crippen LogP contribution in [0, 0.1) is 0 Å². The van der Waals surface area contributed by atoms with Crippen molar-refractivity contribution in [2.75, 3.05) is 25.5 Å². The number of hydrogen-bond acceptors (Lipinski definition) is 6. The highest BCUT2D eigenvalue weighted by Crippen LogP contribution is 2.36. The summed E-state index contributed by atoms with van der Waals surface area (Å²) >= 11 is 1.18. The zero-order valence-corrected chi connectivity index (χ0v) is 21.8. The van der Waals surface area contributed by atoms with Crippen molar-refractivity contribution in [3.8, 4) is 10.7 Å². The fourth-order valence-electron chi connectivity index (χ4n) is 4.76. The molecule has 38 heavy (non-hydrogen) atoms. The second kappa shape index (κ2) is 11.1. The van der Waals surface area contributed by atoms with E-state index in [0.29, 0.717) is 21.2 Å². The minimum atomic E-state index is -4.41. The van der Waals surface area contributed by atoms with Gasteiger partial charge in [-0.15, -0.1) is 10.2 Å². The maximum Gasteiger partial charge on any atom is 0.406 e. The van der Waals surface area contributed by atoms with E-state index in [1.165, 1.54) is 15.9 Å². The topological polar surface area (TPSA) is 75.1 Å². The van der Waals surface area contributed by atoms with Crippen molar-refractivity contribution < 1.29 is 18.0 Å². The number of nitrogens with one attached hydrogen (secondary N) is 2. The Bertz CT molecular complexity index is 1390. The van der Waals surface area contributed by atoms with Gasteiger partial charge in [-0.25, -0.2) is 0 Å². The molecule has 0 aliphatic carbocycles. The van der Waals surface area contributed by atoms with Crippen molar-refractivity contribution >= 4 is 33.8 Å². The smallest absolute Gasteiger partial charge is 0.382 e. The molecular formula is C27H29F3N6OS. The molecule has 2 aromatic carbocycles. The number of carbonyl (C=O) groups excluding carboxylic acids is 1. The Balaban J connectivity index is 1.38. The van der Waals surface area contributed by atoms with Gasteiger partial charge in [0, 0.05) is 17.1 Å². The Hall–Kier alpha value is -3.44. The molecule has 7 nitrogen and oxygen atoms in total. The molecule has 0 atom stereocenters. The molecule has 1 saturated heterocycles. The number of aromatic nitrogens is 3. The van der Waals surface area contributed by atoms with Crippen LogP contribution in [0.3, 0.4) is 0 Å². The summed E-state index contributed by atoms with van der Waals surface area (Å²) in [5.41, 5.74) is 2.55. The minimum Gasteiger partial charge on any atom is -0.382 e. The number of amides is 1.